The molecule has 4 aromatic rings. The zero-order chi connectivity index (χ0) is 29.1. The van der Waals surface area contributed by atoms with Gasteiger partial charge in [-0.1, -0.05) is 24.3 Å². The molecule has 8 nitrogen and oxygen atoms in total. The fourth-order valence-electron chi connectivity index (χ4n) is 4.45. The van der Waals surface area contributed by atoms with Crippen LogP contribution < -0.4 is 14.8 Å². The summed E-state index contributed by atoms with van der Waals surface area (Å²) in [7, 11) is 2.60. The number of carbonyl (C=O) groups is 2. The molecule has 1 heterocycles. The highest BCUT2D eigenvalue weighted by Crippen LogP contribution is 2.34. The molecule has 1 amide bonds. The molecule has 4 rings (SSSR count). The number of benzene rings is 3. The van der Waals surface area contributed by atoms with Crippen molar-refractivity contribution in [3.8, 4) is 22.6 Å². The number of aromatic nitrogens is 1. The predicted molar refractivity (Wildman–Crippen MR) is 141 cm³/mol. The van der Waals surface area contributed by atoms with Crippen LogP contribution in [0.25, 0.3) is 22.0 Å². The number of aliphatic hydroxyl groups excluding tert-OH is 1. The number of nitrogens with one attached hydrogen (secondary N) is 2. The molecule has 3 N–H and O–H groups in total. The van der Waals surface area contributed by atoms with Crippen LogP contribution in [-0.2, 0) is 11.2 Å². The van der Waals surface area contributed by atoms with Crippen LogP contribution in [0.1, 0.15) is 33.2 Å². The molecule has 0 saturated carbocycles. The number of fused-ring (bicyclic) bond motifs is 1. The van der Waals surface area contributed by atoms with Gasteiger partial charge in [0.1, 0.15) is 11.5 Å². The zero-order valence-corrected chi connectivity index (χ0v) is 21.9. The van der Waals surface area contributed by atoms with Crippen LogP contribution in [0.3, 0.4) is 0 Å². The molecular formula is C29H27F3N2O6. The van der Waals surface area contributed by atoms with Gasteiger partial charge in [0.15, 0.2) is 0 Å². The molecule has 0 aliphatic rings. The summed E-state index contributed by atoms with van der Waals surface area (Å²) in [6.07, 6.45) is -3.14. The lowest BCUT2D eigenvalue weighted by Crippen LogP contribution is -2.50. The van der Waals surface area contributed by atoms with Crippen LogP contribution in [0.4, 0.5) is 13.2 Å². The minimum absolute atomic E-state index is 0.0808. The number of amides is 1. The lowest BCUT2D eigenvalue weighted by molar-refractivity contribution is -0.274. The van der Waals surface area contributed by atoms with E-state index in [1.54, 1.807) is 19.2 Å². The van der Waals surface area contributed by atoms with E-state index >= 15 is 0 Å². The lowest BCUT2D eigenvalue weighted by atomic mass is 9.92. The Labute approximate surface area is 227 Å². The molecule has 1 aromatic heterocycles. The molecule has 0 aliphatic carbocycles. The molecule has 210 valence electrons. The third kappa shape index (κ3) is 6.20. The molecular weight excluding hydrogens is 529 g/mol. The topological polar surface area (TPSA) is 110 Å². The molecule has 0 saturated heterocycles. The van der Waals surface area contributed by atoms with Crippen molar-refractivity contribution in [3.63, 3.8) is 0 Å². The Morgan fingerprint density at radius 2 is 1.75 bits per heavy atom. The van der Waals surface area contributed by atoms with E-state index in [1.165, 1.54) is 38.5 Å². The van der Waals surface area contributed by atoms with Crippen molar-refractivity contribution in [2.24, 2.45) is 0 Å². The summed E-state index contributed by atoms with van der Waals surface area (Å²) in [5.41, 5.74) is 0.601. The van der Waals surface area contributed by atoms with Crippen LogP contribution >= 0.6 is 0 Å². The summed E-state index contributed by atoms with van der Waals surface area (Å²) < 4.78 is 53.9. The molecule has 3 aromatic carbocycles. The number of ether oxygens (including phenoxy) is 3. The second-order valence-electron chi connectivity index (χ2n) is 9.37. The number of esters is 1. The molecule has 0 bridgehead atoms. The molecule has 0 spiro atoms. The number of methoxy groups -OCH3 is 2. The van der Waals surface area contributed by atoms with E-state index in [-0.39, 0.29) is 17.5 Å². The summed E-state index contributed by atoms with van der Waals surface area (Å²) in [4.78, 5) is 29.1. The number of rotatable bonds is 9. The standard InChI is InChI=1S/C29H27F3N2O6/c1-28(16-35,14-18-15-33-24-7-5-4-6-21(18)24)34-26(36)23-12-17(8-11-25(23)40-29(30,31)32)20-10-9-19(38-2)13-22(20)27(37)39-3/h4-13,15,33,35H,14,16H2,1-3H3,(H,34,36). The van der Waals surface area contributed by atoms with Crippen LogP contribution in [0, 0.1) is 0 Å². The van der Waals surface area contributed by atoms with E-state index in [9.17, 15) is 27.9 Å². The van der Waals surface area contributed by atoms with E-state index < -0.39 is 41.7 Å². The predicted octanol–water partition coefficient (Wildman–Crippen LogP) is 5.25. The van der Waals surface area contributed by atoms with E-state index in [4.69, 9.17) is 9.47 Å². The first-order valence-electron chi connectivity index (χ1n) is 12.1. The third-order valence-corrected chi connectivity index (χ3v) is 6.41. The first kappa shape index (κ1) is 28.5. The maximum atomic E-state index is 13.5. The van der Waals surface area contributed by atoms with Gasteiger partial charge >= 0.3 is 12.3 Å². The second-order valence-corrected chi connectivity index (χ2v) is 9.37. The number of hydrogen-bond acceptors (Lipinski definition) is 6. The van der Waals surface area contributed by atoms with E-state index in [2.05, 4.69) is 15.0 Å². The van der Waals surface area contributed by atoms with Gasteiger partial charge in [-0.15, -0.1) is 13.2 Å². The van der Waals surface area contributed by atoms with E-state index in [0.717, 1.165) is 22.5 Å². The van der Waals surface area contributed by atoms with Gasteiger partial charge < -0.3 is 29.6 Å². The molecule has 1 atom stereocenters. The Bertz CT molecular complexity index is 1550. The van der Waals surface area contributed by atoms with Gasteiger partial charge in [0.05, 0.1) is 37.5 Å². The van der Waals surface area contributed by atoms with Crippen LogP contribution in [-0.4, -0.2) is 54.7 Å². The third-order valence-electron chi connectivity index (χ3n) is 6.41. The molecule has 1 unspecified atom stereocenters. The van der Waals surface area contributed by atoms with Crippen LogP contribution in [0.2, 0.25) is 0 Å². The van der Waals surface area contributed by atoms with E-state index in [0.29, 0.717) is 11.3 Å². The highest BCUT2D eigenvalue weighted by atomic mass is 19.4. The first-order chi connectivity index (χ1) is 19.0. The SMILES string of the molecule is COC(=O)c1cc(OC)ccc1-c1ccc(OC(F)(F)F)c(C(=O)NC(C)(CO)Cc2c[nH]c3ccccc23)c1. The van der Waals surface area contributed by atoms with Crippen molar-refractivity contribution >= 4 is 22.8 Å². The van der Waals surface area contributed by atoms with Crippen molar-refractivity contribution < 1.29 is 42.1 Å². The molecule has 0 radical (unpaired) electrons. The number of aliphatic hydroxyl groups is 1. The monoisotopic (exact) mass is 556 g/mol. The van der Waals surface area contributed by atoms with Gasteiger partial charge in [0.25, 0.3) is 5.91 Å². The van der Waals surface area contributed by atoms with Gasteiger partial charge in [-0.2, -0.15) is 0 Å². The fraction of sp³-hybridized carbons (Fsp3) is 0.241. The molecule has 0 fully saturated rings. The van der Waals surface area contributed by atoms with Crippen molar-refractivity contribution in [1.82, 2.24) is 10.3 Å². The lowest BCUT2D eigenvalue weighted by Gasteiger charge is -2.29. The van der Waals surface area contributed by atoms with Gasteiger partial charge in [-0.3, -0.25) is 4.79 Å². The highest BCUT2D eigenvalue weighted by molar-refractivity contribution is 6.01. The Hall–Kier alpha value is -4.51. The van der Waals surface area contributed by atoms with E-state index in [1.807, 2.05) is 24.3 Å². The van der Waals surface area contributed by atoms with Crippen molar-refractivity contribution in [1.29, 1.82) is 0 Å². The maximum absolute atomic E-state index is 13.5. The number of alkyl halides is 3. The Balaban J connectivity index is 1.74. The number of H-pyrrole nitrogens is 1. The molecule has 40 heavy (non-hydrogen) atoms. The summed E-state index contributed by atoms with van der Waals surface area (Å²) in [6.45, 7) is 1.08. The van der Waals surface area contributed by atoms with Gasteiger partial charge in [-0.25, -0.2) is 4.79 Å². The van der Waals surface area contributed by atoms with Crippen molar-refractivity contribution in [2.75, 3.05) is 20.8 Å². The number of aromatic amines is 1. The summed E-state index contributed by atoms with van der Waals surface area (Å²) in [5, 5.41) is 13.8. The first-order valence-corrected chi connectivity index (χ1v) is 12.1. The minimum atomic E-state index is -5.07. The van der Waals surface area contributed by atoms with Gasteiger partial charge in [0.2, 0.25) is 0 Å². The largest absolute Gasteiger partial charge is 0.573 e. The second kappa shape index (κ2) is 11.3. The average molecular weight is 557 g/mol. The van der Waals surface area contributed by atoms with Crippen molar-refractivity contribution in [2.45, 2.75) is 25.2 Å². The fourth-order valence-corrected chi connectivity index (χ4v) is 4.45. The minimum Gasteiger partial charge on any atom is -0.497 e. The number of hydrogen-bond donors (Lipinski definition) is 3. The Morgan fingerprint density at radius 1 is 1.00 bits per heavy atom. The maximum Gasteiger partial charge on any atom is 0.573 e. The highest BCUT2D eigenvalue weighted by Gasteiger charge is 2.35. The molecule has 0 aliphatic heterocycles. The zero-order valence-electron chi connectivity index (χ0n) is 21.9. The Kier molecular flexibility index (Phi) is 8.06. The Morgan fingerprint density at radius 3 is 2.42 bits per heavy atom. The van der Waals surface area contributed by atoms with Crippen molar-refractivity contribution in [3.05, 3.63) is 83.6 Å². The number of carbonyl (C=O) groups excluding carboxylic acids is 2. The summed E-state index contributed by atoms with van der Waals surface area (Å²) in [5.74, 6) is -2.00. The summed E-state index contributed by atoms with van der Waals surface area (Å²) in [6, 6.07) is 15.5. The quantitative estimate of drug-likeness (QED) is 0.243. The normalized spacial score (nSPS) is 13.0. The van der Waals surface area contributed by atoms with Gasteiger partial charge in [0, 0.05) is 17.1 Å². The number of para-hydroxylation sites is 1. The average Bonchev–Trinajstić information content (AvgIpc) is 3.33. The van der Waals surface area contributed by atoms with Gasteiger partial charge in [-0.05, 0) is 66.4 Å². The number of halogens is 3. The molecule has 11 heteroatoms. The smallest absolute Gasteiger partial charge is 0.497 e. The van der Waals surface area contributed by atoms with Crippen LogP contribution in [0.15, 0.2) is 66.9 Å². The summed E-state index contributed by atoms with van der Waals surface area (Å²) >= 11 is 0. The van der Waals surface area contributed by atoms with Crippen LogP contribution in [0.5, 0.6) is 11.5 Å².